The van der Waals surface area contributed by atoms with E-state index in [1.54, 1.807) is 0 Å². The maximum absolute atomic E-state index is 13.0. The summed E-state index contributed by atoms with van der Waals surface area (Å²) in [7, 11) is 2.08. The van der Waals surface area contributed by atoms with Crippen molar-refractivity contribution in [2.75, 3.05) is 13.2 Å². The average molecular weight is 406 g/mol. The van der Waals surface area contributed by atoms with E-state index in [1.165, 1.54) is 22.0 Å². The van der Waals surface area contributed by atoms with Gasteiger partial charge in [0.1, 0.15) is 12.4 Å². The maximum atomic E-state index is 13.0. The van der Waals surface area contributed by atoms with Crippen LogP contribution in [0.5, 0.6) is 5.75 Å². The first-order valence-corrected chi connectivity index (χ1v) is 10.8. The highest BCUT2D eigenvalue weighted by Gasteiger charge is 2.30. The first-order valence-electron chi connectivity index (χ1n) is 10.8. The molecule has 0 spiro atoms. The maximum Gasteiger partial charge on any atom is 0.237 e. The van der Waals surface area contributed by atoms with Crippen LogP contribution in [0, 0.1) is 5.92 Å². The van der Waals surface area contributed by atoms with Crippen molar-refractivity contribution in [1.29, 1.82) is 0 Å². The second-order valence-electron chi connectivity index (χ2n) is 8.56. The number of para-hydroxylation sites is 1. The average Bonchev–Trinajstić information content (AvgIpc) is 2.97. The number of aryl methyl sites for hydroxylation is 1. The Morgan fingerprint density at radius 3 is 2.77 bits per heavy atom. The summed E-state index contributed by atoms with van der Waals surface area (Å²) in [6.45, 7) is 5.40. The molecule has 0 aliphatic carbocycles. The summed E-state index contributed by atoms with van der Waals surface area (Å²) in [4.78, 5) is 13.0. The molecular weight excluding hydrogens is 374 g/mol. The van der Waals surface area contributed by atoms with Gasteiger partial charge in [0.2, 0.25) is 5.91 Å². The van der Waals surface area contributed by atoms with Crippen LogP contribution >= 0.6 is 0 Å². The lowest BCUT2D eigenvalue weighted by Gasteiger charge is -2.25. The summed E-state index contributed by atoms with van der Waals surface area (Å²) in [6.07, 6.45) is 3.86. The smallest absolute Gasteiger partial charge is 0.237 e. The van der Waals surface area contributed by atoms with Gasteiger partial charge in [0, 0.05) is 30.2 Å². The zero-order chi connectivity index (χ0) is 21.1. The lowest BCUT2D eigenvalue weighted by atomic mass is 9.94. The van der Waals surface area contributed by atoms with Crippen LogP contribution in [0.2, 0.25) is 0 Å². The van der Waals surface area contributed by atoms with Gasteiger partial charge in [-0.15, -0.1) is 0 Å². The Kier molecular flexibility index (Phi) is 6.09. The van der Waals surface area contributed by atoms with E-state index in [9.17, 15) is 4.79 Å². The van der Waals surface area contributed by atoms with E-state index >= 15 is 0 Å². The van der Waals surface area contributed by atoms with Crippen molar-refractivity contribution in [2.24, 2.45) is 13.0 Å². The Bertz CT molecular complexity index is 1010. The number of nitrogens with zero attached hydrogens (tertiary/aromatic N) is 1. The zero-order valence-electron chi connectivity index (χ0n) is 18.0. The molecule has 2 aromatic carbocycles. The van der Waals surface area contributed by atoms with Gasteiger partial charge in [0.05, 0.1) is 12.6 Å². The van der Waals surface area contributed by atoms with E-state index in [-0.39, 0.29) is 18.0 Å². The number of nitrogens with one attached hydrogen (secondary N) is 2. The highest BCUT2D eigenvalue weighted by molar-refractivity contribution is 5.90. The first kappa shape index (κ1) is 20.5. The van der Waals surface area contributed by atoms with Crippen LogP contribution in [0.15, 0.2) is 54.7 Å². The minimum Gasteiger partial charge on any atom is -0.492 e. The van der Waals surface area contributed by atoms with Crippen molar-refractivity contribution in [3.05, 3.63) is 65.9 Å². The molecule has 3 aromatic rings. The van der Waals surface area contributed by atoms with Gasteiger partial charge >= 0.3 is 0 Å². The van der Waals surface area contributed by atoms with Crippen molar-refractivity contribution >= 4 is 16.8 Å². The van der Waals surface area contributed by atoms with E-state index in [2.05, 4.69) is 60.5 Å². The monoisotopic (exact) mass is 405 g/mol. The van der Waals surface area contributed by atoms with E-state index in [4.69, 9.17) is 4.74 Å². The molecule has 5 nitrogen and oxygen atoms in total. The highest BCUT2D eigenvalue weighted by atomic mass is 16.5. The Labute approximate surface area is 178 Å². The normalized spacial score (nSPS) is 18.4. The fourth-order valence-corrected chi connectivity index (χ4v) is 4.44. The molecule has 2 unspecified atom stereocenters. The van der Waals surface area contributed by atoms with Crippen LogP contribution in [0.3, 0.4) is 0 Å². The van der Waals surface area contributed by atoms with E-state index in [1.807, 2.05) is 30.3 Å². The molecule has 4 rings (SSSR count). The van der Waals surface area contributed by atoms with Crippen molar-refractivity contribution in [2.45, 2.75) is 38.8 Å². The van der Waals surface area contributed by atoms with Crippen molar-refractivity contribution in [1.82, 2.24) is 15.2 Å². The lowest BCUT2D eigenvalue weighted by Crippen LogP contribution is -2.47. The molecule has 1 aliphatic rings. The Balaban J connectivity index is 1.48. The van der Waals surface area contributed by atoms with Gasteiger partial charge in [-0.05, 0) is 48.1 Å². The van der Waals surface area contributed by atoms with E-state index < -0.39 is 0 Å². The molecule has 30 heavy (non-hydrogen) atoms. The molecule has 1 amide bonds. The topological polar surface area (TPSA) is 55.3 Å². The third kappa shape index (κ3) is 4.36. The van der Waals surface area contributed by atoms with Crippen molar-refractivity contribution < 1.29 is 9.53 Å². The number of ether oxygens (including phenoxy) is 1. The number of carbonyl (C=O) groups is 1. The molecule has 2 heterocycles. The third-order valence-corrected chi connectivity index (χ3v) is 5.76. The summed E-state index contributed by atoms with van der Waals surface area (Å²) in [5.41, 5.74) is 3.78. The molecule has 2 N–H and O–H groups in total. The lowest BCUT2D eigenvalue weighted by molar-refractivity contribution is -0.123. The number of amides is 1. The number of benzene rings is 2. The summed E-state index contributed by atoms with van der Waals surface area (Å²) in [6, 6.07) is 16.1. The summed E-state index contributed by atoms with van der Waals surface area (Å²) in [5, 5.41) is 8.02. The summed E-state index contributed by atoms with van der Waals surface area (Å²) in [5.74, 6) is 1.38. The molecule has 0 bridgehead atoms. The van der Waals surface area contributed by atoms with E-state index in [0.29, 0.717) is 25.5 Å². The molecule has 0 radical (unpaired) electrons. The highest BCUT2D eigenvalue weighted by Crippen LogP contribution is 2.35. The van der Waals surface area contributed by atoms with Crippen LogP contribution in [0.4, 0.5) is 0 Å². The quantitative estimate of drug-likeness (QED) is 0.585. The van der Waals surface area contributed by atoms with Crippen molar-refractivity contribution in [3.63, 3.8) is 0 Å². The van der Waals surface area contributed by atoms with Crippen LogP contribution < -0.4 is 15.4 Å². The van der Waals surface area contributed by atoms with Crippen LogP contribution in [0.25, 0.3) is 10.9 Å². The van der Waals surface area contributed by atoms with Crippen LogP contribution in [-0.2, 0) is 18.3 Å². The predicted octanol–water partition coefficient (Wildman–Crippen LogP) is 3.98. The zero-order valence-corrected chi connectivity index (χ0v) is 18.0. The molecule has 1 aliphatic heterocycles. The minimum absolute atomic E-state index is 0.0326. The fraction of sp³-hybridized carbons (Fsp3) is 0.400. The molecule has 5 heteroatoms. The Morgan fingerprint density at radius 1 is 1.20 bits per heavy atom. The number of aromatic nitrogens is 1. The fourth-order valence-electron chi connectivity index (χ4n) is 4.44. The molecule has 158 valence electrons. The van der Waals surface area contributed by atoms with Gasteiger partial charge in [-0.2, -0.15) is 0 Å². The molecule has 0 saturated heterocycles. The molecule has 0 saturated carbocycles. The van der Waals surface area contributed by atoms with Gasteiger partial charge < -0.3 is 14.6 Å². The summed E-state index contributed by atoms with van der Waals surface area (Å²) < 4.78 is 7.88. The Morgan fingerprint density at radius 2 is 2.00 bits per heavy atom. The van der Waals surface area contributed by atoms with Crippen LogP contribution in [-0.4, -0.2) is 29.7 Å². The number of hydrogen-bond donors (Lipinski definition) is 2. The minimum atomic E-state index is -0.261. The predicted molar refractivity (Wildman–Crippen MR) is 121 cm³/mol. The molecule has 2 atom stereocenters. The standard InChI is InChI=1S/C25H31N3O2/c1-17(2)14-21-20-10-7-11-23-24(20)18(16-28(23)3)15-22(27-21)25(29)26-12-13-30-19-8-5-4-6-9-19/h4-11,16-17,21-22,27H,12-15H2,1-3H3,(H,26,29). The third-order valence-electron chi connectivity index (χ3n) is 5.76. The van der Waals surface area contributed by atoms with Gasteiger partial charge in [-0.25, -0.2) is 0 Å². The number of carbonyl (C=O) groups excluding carboxylic acids is 1. The molecule has 0 fully saturated rings. The van der Waals surface area contributed by atoms with Gasteiger partial charge in [0.25, 0.3) is 0 Å². The van der Waals surface area contributed by atoms with Gasteiger partial charge in [0.15, 0.2) is 0 Å². The summed E-state index contributed by atoms with van der Waals surface area (Å²) >= 11 is 0. The van der Waals surface area contributed by atoms with Crippen LogP contribution in [0.1, 0.15) is 37.4 Å². The Hall–Kier alpha value is -2.79. The second kappa shape index (κ2) is 8.92. The molecule has 1 aromatic heterocycles. The SMILES string of the molecule is CC(C)CC1NC(C(=O)NCCOc2ccccc2)Cc2cn(C)c3cccc1c23. The second-order valence-corrected chi connectivity index (χ2v) is 8.56. The first-order chi connectivity index (χ1) is 14.5. The van der Waals surface area contributed by atoms with E-state index in [0.717, 1.165) is 12.2 Å². The van der Waals surface area contributed by atoms with Gasteiger partial charge in [-0.3, -0.25) is 10.1 Å². The molecular formula is C25H31N3O2. The number of rotatable bonds is 7. The van der Waals surface area contributed by atoms with Gasteiger partial charge in [-0.1, -0.05) is 44.2 Å². The van der Waals surface area contributed by atoms with Crippen molar-refractivity contribution in [3.8, 4) is 5.75 Å². The largest absolute Gasteiger partial charge is 0.492 e. The number of hydrogen-bond acceptors (Lipinski definition) is 3.